The summed E-state index contributed by atoms with van der Waals surface area (Å²) in [5, 5.41) is 16.2. The number of esters is 2. The number of methoxy groups -OCH3 is 1. The van der Waals surface area contributed by atoms with Crippen molar-refractivity contribution in [1.82, 2.24) is 29.8 Å². The van der Waals surface area contributed by atoms with Gasteiger partial charge in [-0.15, -0.1) is 0 Å². The van der Waals surface area contributed by atoms with Gasteiger partial charge in [-0.2, -0.15) is 5.10 Å². The van der Waals surface area contributed by atoms with E-state index < -0.39 is 78.9 Å². The van der Waals surface area contributed by atoms with Gasteiger partial charge in [-0.05, 0) is 39.3 Å². The second-order valence-electron chi connectivity index (χ2n) is 12.8. The normalized spacial score (nSPS) is 17.9. The first-order chi connectivity index (χ1) is 23.5. The third-order valence-electron chi connectivity index (χ3n) is 7.84. The summed E-state index contributed by atoms with van der Waals surface area (Å²) in [7, 11) is 1.03. The lowest BCUT2D eigenvalue weighted by Gasteiger charge is -2.35. The van der Waals surface area contributed by atoms with Crippen LogP contribution in [0, 0.1) is 0 Å². The van der Waals surface area contributed by atoms with Gasteiger partial charge in [0.25, 0.3) is 17.7 Å². The van der Waals surface area contributed by atoms with E-state index in [0.717, 1.165) is 12.0 Å². The molecule has 2 aliphatic rings. The number of aromatic nitrogens is 2. The number of carboxylic acid groups (broad SMARTS) is 1. The summed E-state index contributed by atoms with van der Waals surface area (Å²) in [6, 6.07) is 6.78. The molecule has 1 aromatic heterocycles. The predicted octanol–water partition coefficient (Wildman–Crippen LogP) is 1.70. The van der Waals surface area contributed by atoms with Gasteiger partial charge in [0.05, 0.1) is 19.3 Å². The number of carbonyl (C=O) groups excluding carboxylic acids is 5. The van der Waals surface area contributed by atoms with Crippen molar-refractivity contribution in [2.45, 2.75) is 63.6 Å². The van der Waals surface area contributed by atoms with E-state index in [1.54, 1.807) is 51.1 Å². The van der Waals surface area contributed by atoms with Crippen molar-refractivity contribution >= 4 is 35.8 Å². The highest BCUT2D eigenvalue weighted by atomic mass is 19.3. The van der Waals surface area contributed by atoms with E-state index in [1.165, 1.54) is 15.6 Å². The number of likely N-dealkylation sites (tertiary alicyclic amines) is 1. The molecule has 0 aliphatic carbocycles. The maximum Gasteiger partial charge on any atom is 0.407 e. The van der Waals surface area contributed by atoms with Crippen LogP contribution in [0.25, 0.3) is 5.69 Å². The van der Waals surface area contributed by atoms with Crippen LogP contribution >= 0.6 is 0 Å². The number of ether oxygens (including phenoxy) is 3. The molecule has 0 saturated carbocycles. The largest absolute Gasteiger partial charge is 0.467 e. The number of nitrogens with zero attached hydrogens (tertiary/aromatic N) is 5. The number of alkyl halides is 2. The molecule has 2 atom stereocenters. The van der Waals surface area contributed by atoms with Crippen molar-refractivity contribution in [1.29, 1.82) is 0 Å². The number of nitrogens with one attached hydrogen (secondary N) is 1. The van der Waals surface area contributed by atoms with Crippen LogP contribution in [0.4, 0.5) is 13.6 Å². The molecule has 50 heavy (non-hydrogen) atoms. The summed E-state index contributed by atoms with van der Waals surface area (Å²) in [6.45, 7) is 3.51. The molecule has 272 valence electrons. The quantitative estimate of drug-likeness (QED) is 0.324. The standard InChI is InChI=1S/C32H40F2N6O10/c1-31(2,3)50-26(42)11-10-21(28(44)37-12-14-38(15-13-37)30(46)47)35-27(43)22-16-25(40(36-22)20-8-6-5-7-9-20)49-18-24(41)39-19-32(33,34)17-23(39)29(45)48-4/h5-9,16,21,23H,10-15,17-19H2,1-4H3,(H,35,43)(H,46,47)/t21-,23-/m0/s1. The third-order valence-corrected chi connectivity index (χ3v) is 7.84. The van der Waals surface area contributed by atoms with Gasteiger partial charge in [0.2, 0.25) is 11.8 Å². The molecule has 0 unspecified atom stereocenters. The van der Waals surface area contributed by atoms with Crippen LogP contribution in [0.15, 0.2) is 36.4 Å². The summed E-state index contributed by atoms with van der Waals surface area (Å²) >= 11 is 0. The van der Waals surface area contributed by atoms with Crippen molar-refractivity contribution in [3.8, 4) is 11.6 Å². The molecule has 4 amide bonds. The van der Waals surface area contributed by atoms with Gasteiger partial charge in [0.15, 0.2) is 12.3 Å². The number of hydrogen-bond donors (Lipinski definition) is 2. The molecule has 2 aliphatic heterocycles. The minimum absolute atomic E-state index is 0.0597. The SMILES string of the molecule is COC(=O)[C@@H]1CC(F)(F)CN1C(=O)COc1cc(C(=O)N[C@@H](CCC(=O)OC(C)(C)C)C(=O)N2CCN(C(=O)O)CC2)nn1-c1ccccc1. The second-order valence-corrected chi connectivity index (χ2v) is 12.8. The van der Waals surface area contributed by atoms with E-state index in [1.807, 2.05) is 0 Å². The summed E-state index contributed by atoms with van der Waals surface area (Å²) in [5.74, 6) is -7.35. The molecule has 2 aromatic rings. The molecular formula is C32H40F2N6O10. The number of benzene rings is 1. The first-order valence-electron chi connectivity index (χ1n) is 15.8. The van der Waals surface area contributed by atoms with Crippen molar-refractivity contribution in [3.63, 3.8) is 0 Å². The molecule has 3 heterocycles. The number of amides is 4. The number of carbonyl (C=O) groups is 6. The zero-order valence-corrected chi connectivity index (χ0v) is 28.1. The smallest absolute Gasteiger partial charge is 0.407 e. The lowest BCUT2D eigenvalue weighted by atomic mass is 10.1. The number of hydrogen-bond acceptors (Lipinski definition) is 10. The van der Waals surface area contributed by atoms with E-state index in [9.17, 15) is 42.7 Å². The molecule has 4 rings (SSSR count). The highest BCUT2D eigenvalue weighted by molar-refractivity contribution is 5.96. The van der Waals surface area contributed by atoms with Crippen LogP contribution in [0.5, 0.6) is 5.88 Å². The van der Waals surface area contributed by atoms with Crippen molar-refractivity contribution in [3.05, 3.63) is 42.1 Å². The average molecular weight is 707 g/mol. The van der Waals surface area contributed by atoms with E-state index in [2.05, 4.69) is 15.2 Å². The number of piperazine rings is 1. The Morgan fingerprint density at radius 2 is 1.68 bits per heavy atom. The van der Waals surface area contributed by atoms with Gasteiger partial charge in [0.1, 0.15) is 17.7 Å². The minimum atomic E-state index is -3.31. The van der Waals surface area contributed by atoms with E-state index >= 15 is 0 Å². The molecule has 0 spiro atoms. The minimum Gasteiger partial charge on any atom is -0.467 e. The van der Waals surface area contributed by atoms with E-state index in [4.69, 9.17) is 9.47 Å². The Labute approximate surface area is 286 Å². The zero-order valence-electron chi connectivity index (χ0n) is 28.1. The molecule has 0 bridgehead atoms. The van der Waals surface area contributed by atoms with Crippen LogP contribution in [-0.2, 0) is 28.7 Å². The first kappa shape index (κ1) is 37.5. The zero-order chi connectivity index (χ0) is 36.8. The van der Waals surface area contributed by atoms with Crippen LogP contribution in [0.1, 0.15) is 50.5 Å². The van der Waals surface area contributed by atoms with Gasteiger partial charge >= 0.3 is 18.0 Å². The Balaban J connectivity index is 1.54. The summed E-state index contributed by atoms with van der Waals surface area (Å²) in [6.07, 6.45) is -2.39. The Hall–Kier alpha value is -5.29. The number of para-hydroxylation sites is 1. The van der Waals surface area contributed by atoms with Gasteiger partial charge in [0, 0.05) is 45.1 Å². The highest BCUT2D eigenvalue weighted by Crippen LogP contribution is 2.33. The molecule has 1 aromatic carbocycles. The first-order valence-corrected chi connectivity index (χ1v) is 15.8. The molecular weight excluding hydrogens is 666 g/mol. The van der Waals surface area contributed by atoms with Crippen LogP contribution in [0.3, 0.4) is 0 Å². The summed E-state index contributed by atoms with van der Waals surface area (Å²) in [4.78, 5) is 79.4. The maximum atomic E-state index is 14.2. The monoisotopic (exact) mass is 706 g/mol. The van der Waals surface area contributed by atoms with E-state index in [-0.39, 0.29) is 50.6 Å². The molecule has 18 heteroatoms. The fourth-order valence-corrected chi connectivity index (χ4v) is 5.46. The summed E-state index contributed by atoms with van der Waals surface area (Å²) < 4.78 is 45.1. The molecule has 2 N–H and O–H groups in total. The number of halogens is 2. The molecule has 16 nitrogen and oxygen atoms in total. The number of rotatable bonds is 11. The lowest BCUT2D eigenvalue weighted by molar-refractivity contribution is -0.155. The van der Waals surface area contributed by atoms with Crippen molar-refractivity contribution < 1.29 is 56.9 Å². The van der Waals surface area contributed by atoms with Gasteiger partial charge in [-0.3, -0.25) is 19.2 Å². The lowest BCUT2D eigenvalue weighted by Crippen LogP contribution is -2.55. The van der Waals surface area contributed by atoms with Crippen molar-refractivity contribution in [2.75, 3.05) is 46.4 Å². The Kier molecular flexibility index (Phi) is 11.6. The van der Waals surface area contributed by atoms with Crippen LogP contribution in [-0.4, -0.2) is 135 Å². The Morgan fingerprint density at radius 3 is 2.28 bits per heavy atom. The predicted molar refractivity (Wildman–Crippen MR) is 169 cm³/mol. The average Bonchev–Trinajstić information content (AvgIpc) is 3.65. The Morgan fingerprint density at radius 1 is 1.04 bits per heavy atom. The van der Waals surface area contributed by atoms with Crippen molar-refractivity contribution in [2.24, 2.45) is 0 Å². The fraction of sp³-hybridized carbons (Fsp3) is 0.531. The highest BCUT2D eigenvalue weighted by Gasteiger charge is 2.50. The molecule has 2 fully saturated rings. The van der Waals surface area contributed by atoms with Gasteiger partial charge in [-0.1, -0.05) is 18.2 Å². The van der Waals surface area contributed by atoms with Gasteiger partial charge < -0.3 is 39.3 Å². The maximum absolute atomic E-state index is 14.2. The van der Waals surface area contributed by atoms with Gasteiger partial charge in [-0.25, -0.2) is 23.1 Å². The summed E-state index contributed by atoms with van der Waals surface area (Å²) in [5.41, 5.74) is -0.629. The topological polar surface area (TPSA) is 190 Å². The molecule has 0 radical (unpaired) electrons. The van der Waals surface area contributed by atoms with Crippen LogP contribution < -0.4 is 10.1 Å². The van der Waals surface area contributed by atoms with E-state index in [0.29, 0.717) is 10.6 Å². The van der Waals surface area contributed by atoms with Crippen LogP contribution in [0.2, 0.25) is 0 Å². The third kappa shape index (κ3) is 9.66. The molecule has 2 saturated heterocycles. The second kappa shape index (κ2) is 15.5. The Bertz CT molecular complexity index is 1590. The fourth-order valence-electron chi connectivity index (χ4n) is 5.46.